The van der Waals surface area contributed by atoms with E-state index in [-0.39, 0.29) is 23.8 Å². The first-order valence-corrected chi connectivity index (χ1v) is 8.82. The van der Waals surface area contributed by atoms with Crippen molar-refractivity contribution in [2.45, 2.75) is 31.2 Å². The fourth-order valence-electron chi connectivity index (χ4n) is 3.15. The van der Waals surface area contributed by atoms with E-state index in [0.29, 0.717) is 18.8 Å². The molecule has 1 aromatic rings. The molecule has 2 aliphatic rings. The highest BCUT2D eigenvalue weighted by molar-refractivity contribution is 7.89. The molecule has 8 heteroatoms. The lowest BCUT2D eigenvalue weighted by molar-refractivity contribution is -0.143. The van der Waals surface area contributed by atoms with Gasteiger partial charge in [-0.3, -0.25) is 4.79 Å². The summed E-state index contributed by atoms with van der Waals surface area (Å²) in [6.07, 6.45) is 0.482. The maximum Gasteiger partial charge on any atom is 0.322 e. The fraction of sp³-hybridized carbons (Fsp3) is 0.533. The molecule has 7 nitrogen and oxygen atoms in total. The molecule has 126 valence electrons. The summed E-state index contributed by atoms with van der Waals surface area (Å²) in [5.74, 6) is -0.617. The summed E-state index contributed by atoms with van der Waals surface area (Å²) in [5, 5.41) is 9.51. The van der Waals surface area contributed by atoms with Crippen molar-refractivity contribution < 1.29 is 27.8 Å². The highest BCUT2D eigenvalue weighted by Gasteiger charge is 2.51. The van der Waals surface area contributed by atoms with E-state index in [1.165, 1.54) is 6.07 Å². The van der Waals surface area contributed by atoms with Gasteiger partial charge in [-0.25, -0.2) is 8.42 Å². The van der Waals surface area contributed by atoms with Gasteiger partial charge in [-0.2, -0.15) is 4.31 Å². The SMILES string of the molecule is CC1(C)CCN(S(=O)(=O)c2cccc3c2OCCO3)C1C(=O)O. The molecular weight excluding hydrogens is 322 g/mol. The van der Waals surface area contributed by atoms with Crippen LogP contribution in [-0.4, -0.2) is 49.6 Å². The number of rotatable bonds is 3. The second-order valence-corrected chi connectivity index (χ2v) is 8.23. The summed E-state index contributed by atoms with van der Waals surface area (Å²) in [4.78, 5) is 11.6. The molecule has 3 rings (SSSR count). The Morgan fingerprint density at radius 3 is 2.70 bits per heavy atom. The topological polar surface area (TPSA) is 93.1 Å². The molecule has 0 aliphatic carbocycles. The number of carboxylic acid groups (broad SMARTS) is 1. The summed E-state index contributed by atoms with van der Waals surface area (Å²) < 4.78 is 38.0. The molecule has 1 aromatic carbocycles. The first-order valence-electron chi connectivity index (χ1n) is 7.38. The fourth-order valence-corrected chi connectivity index (χ4v) is 5.03. The number of para-hydroxylation sites is 1. The Morgan fingerprint density at radius 1 is 1.30 bits per heavy atom. The Morgan fingerprint density at radius 2 is 2.00 bits per heavy atom. The zero-order chi connectivity index (χ0) is 16.8. The molecule has 0 spiro atoms. The maximum atomic E-state index is 13.0. The average molecular weight is 341 g/mol. The van der Waals surface area contributed by atoms with Crippen molar-refractivity contribution in [1.29, 1.82) is 0 Å². The predicted octanol–water partition coefficient (Wildman–Crippen LogP) is 1.33. The van der Waals surface area contributed by atoms with Gasteiger partial charge in [-0.05, 0) is 24.0 Å². The standard InChI is InChI=1S/C15H19NO6S/c1-15(2)6-7-16(13(15)14(17)18)23(19,20)11-5-3-4-10-12(11)22-9-8-21-10/h3-5,13H,6-9H2,1-2H3,(H,17,18). The minimum absolute atomic E-state index is 0.0429. The molecule has 1 unspecified atom stereocenters. The van der Waals surface area contributed by atoms with Gasteiger partial charge in [0, 0.05) is 6.54 Å². The van der Waals surface area contributed by atoms with Gasteiger partial charge in [0.1, 0.15) is 24.2 Å². The van der Waals surface area contributed by atoms with Crippen molar-refractivity contribution in [3.05, 3.63) is 18.2 Å². The smallest absolute Gasteiger partial charge is 0.322 e. The first kappa shape index (κ1) is 16.1. The molecule has 2 heterocycles. The molecule has 1 fully saturated rings. The summed E-state index contributed by atoms with van der Waals surface area (Å²) >= 11 is 0. The largest absolute Gasteiger partial charge is 0.486 e. The monoisotopic (exact) mass is 341 g/mol. The van der Waals surface area contributed by atoms with Crippen LogP contribution in [0, 0.1) is 5.41 Å². The number of fused-ring (bicyclic) bond motifs is 1. The van der Waals surface area contributed by atoms with E-state index < -0.39 is 27.4 Å². The number of sulfonamides is 1. The van der Waals surface area contributed by atoms with E-state index in [1.807, 2.05) is 0 Å². The van der Waals surface area contributed by atoms with Crippen LogP contribution in [-0.2, 0) is 14.8 Å². The van der Waals surface area contributed by atoms with Crippen molar-refractivity contribution >= 4 is 16.0 Å². The molecule has 0 aromatic heterocycles. The zero-order valence-electron chi connectivity index (χ0n) is 13.0. The number of hydrogen-bond donors (Lipinski definition) is 1. The van der Waals surface area contributed by atoms with Crippen molar-refractivity contribution in [2.75, 3.05) is 19.8 Å². The third-order valence-electron chi connectivity index (χ3n) is 4.36. The van der Waals surface area contributed by atoms with Gasteiger partial charge in [-0.15, -0.1) is 0 Å². The van der Waals surface area contributed by atoms with Gasteiger partial charge >= 0.3 is 5.97 Å². The lowest BCUT2D eigenvalue weighted by Gasteiger charge is -2.29. The molecule has 1 saturated heterocycles. The number of hydrogen-bond acceptors (Lipinski definition) is 5. The second-order valence-electron chi connectivity index (χ2n) is 6.38. The number of aliphatic carboxylic acids is 1. The van der Waals surface area contributed by atoms with E-state index in [4.69, 9.17) is 9.47 Å². The van der Waals surface area contributed by atoms with E-state index in [1.54, 1.807) is 26.0 Å². The molecule has 0 bridgehead atoms. The van der Waals surface area contributed by atoms with Crippen LogP contribution in [0.5, 0.6) is 11.5 Å². The van der Waals surface area contributed by atoms with Crippen LogP contribution in [0.4, 0.5) is 0 Å². The number of nitrogens with zero attached hydrogens (tertiary/aromatic N) is 1. The highest BCUT2D eigenvalue weighted by Crippen LogP contribution is 2.43. The number of ether oxygens (including phenoxy) is 2. The maximum absolute atomic E-state index is 13.0. The van der Waals surface area contributed by atoms with E-state index in [2.05, 4.69) is 0 Å². The van der Waals surface area contributed by atoms with Gasteiger partial charge in [0.15, 0.2) is 11.5 Å². The number of benzene rings is 1. The summed E-state index contributed by atoms with van der Waals surface area (Å²) in [6.45, 7) is 4.30. The third kappa shape index (κ3) is 2.55. The highest BCUT2D eigenvalue weighted by atomic mass is 32.2. The van der Waals surface area contributed by atoms with Crippen molar-refractivity contribution in [3.63, 3.8) is 0 Å². The quantitative estimate of drug-likeness (QED) is 0.891. The van der Waals surface area contributed by atoms with Crippen LogP contribution < -0.4 is 9.47 Å². The van der Waals surface area contributed by atoms with Gasteiger partial charge in [0.05, 0.1) is 0 Å². The molecule has 0 radical (unpaired) electrons. The van der Waals surface area contributed by atoms with Crippen molar-refractivity contribution in [1.82, 2.24) is 4.31 Å². The van der Waals surface area contributed by atoms with E-state index >= 15 is 0 Å². The zero-order valence-corrected chi connectivity index (χ0v) is 13.8. The Balaban J connectivity index is 2.08. The van der Waals surface area contributed by atoms with Gasteiger partial charge < -0.3 is 14.6 Å². The Kier molecular flexibility index (Phi) is 3.76. The van der Waals surface area contributed by atoms with Crippen LogP contribution in [0.2, 0.25) is 0 Å². The van der Waals surface area contributed by atoms with E-state index in [9.17, 15) is 18.3 Å². The Hall–Kier alpha value is -1.80. The minimum Gasteiger partial charge on any atom is -0.486 e. The summed E-state index contributed by atoms with van der Waals surface area (Å²) in [7, 11) is -4.00. The molecule has 1 N–H and O–H groups in total. The number of carboxylic acids is 1. The van der Waals surface area contributed by atoms with Crippen LogP contribution in [0.25, 0.3) is 0 Å². The molecule has 0 amide bonds. The first-order chi connectivity index (χ1) is 10.7. The van der Waals surface area contributed by atoms with Crippen LogP contribution in [0.15, 0.2) is 23.1 Å². The lowest BCUT2D eigenvalue weighted by Crippen LogP contribution is -2.46. The third-order valence-corrected chi connectivity index (χ3v) is 6.24. The summed E-state index contributed by atoms with van der Waals surface area (Å²) in [6, 6.07) is 3.52. The molecular formula is C15H19NO6S. The van der Waals surface area contributed by atoms with Gasteiger partial charge in [-0.1, -0.05) is 19.9 Å². The summed E-state index contributed by atoms with van der Waals surface area (Å²) in [5.41, 5.74) is -0.634. The second kappa shape index (κ2) is 5.38. The predicted molar refractivity (Wildman–Crippen MR) is 81.1 cm³/mol. The Bertz CT molecular complexity index is 742. The van der Waals surface area contributed by atoms with Gasteiger partial charge in [0.25, 0.3) is 0 Å². The lowest BCUT2D eigenvalue weighted by atomic mass is 9.85. The molecule has 0 saturated carbocycles. The average Bonchev–Trinajstić information content (AvgIpc) is 2.83. The normalized spacial score (nSPS) is 23.7. The van der Waals surface area contributed by atoms with Crippen LogP contribution >= 0.6 is 0 Å². The molecule has 2 aliphatic heterocycles. The number of carbonyl (C=O) groups is 1. The molecule has 1 atom stereocenters. The van der Waals surface area contributed by atoms with E-state index in [0.717, 1.165) is 4.31 Å². The Labute approximate surface area is 134 Å². The van der Waals surface area contributed by atoms with Crippen LogP contribution in [0.3, 0.4) is 0 Å². The van der Waals surface area contributed by atoms with Crippen molar-refractivity contribution in [2.24, 2.45) is 5.41 Å². The minimum atomic E-state index is -4.00. The van der Waals surface area contributed by atoms with Gasteiger partial charge in [0.2, 0.25) is 10.0 Å². The molecule has 23 heavy (non-hydrogen) atoms. The van der Waals surface area contributed by atoms with Crippen molar-refractivity contribution in [3.8, 4) is 11.5 Å². The van der Waals surface area contributed by atoms with Crippen LogP contribution in [0.1, 0.15) is 20.3 Å².